The van der Waals surface area contributed by atoms with Gasteiger partial charge in [0.05, 0.1) is 0 Å². The number of rotatable bonds is 2. The third-order valence-corrected chi connectivity index (χ3v) is 5.37. The van der Waals surface area contributed by atoms with Crippen molar-refractivity contribution in [3.63, 3.8) is 0 Å². The summed E-state index contributed by atoms with van der Waals surface area (Å²) in [7, 11) is 0. The van der Waals surface area contributed by atoms with Gasteiger partial charge in [-0.05, 0) is 62.8 Å². The highest BCUT2D eigenvalue weighted by atomic mass is 16.5. The van der Waals surface area contributed by atoms with Crippen LogP contribution in [-0.4, -0.2) is 60.5 Å². The zero-order chi connectivity index (χ0) is 18.0. The molecule has 0 N–H and O–H groups in total. The predicted molar refractivity (Wildman–Crippen MR) is 96.7 cm³/mol. The highest BCUT2D eigenvalue weighted by molar-refractivity contribution is 5.96. The first-order valence-electron chi connectivity index (χ1n) is 9.25. The molecule has 136 valence electrons. The number of amides is 2. The van der Waals surface area contributed by atoms with E-state index in [4.69, 9.17) is 4.74 Å². The van der Waals surface area contributed by atoms with Crippen molar-refractivity contribution in [3.05, 3.63) is 34.4 Å². The number of carbonyl (C=O) groups excluding carboxylic acids is 2. The summed E-state index contributed by atoms with van der Waals surface area (Å²) >= 11 is 0. The van der Waals surface area contributed by atoms with Crippen molar-refractivity contribution in [2.75, 3.05) is 32.8 Å². The molecule has 0 bridgehead atoms. The van der Waals surface area contributed by atoms with Crippen molar-refractivity contribution in [2.45, 2.75) is 46.1 Å². The summed E-state index contributed by atoms with van der Waals surface area (Å²) in [6.45, 7) is 9.35. The molecule has 2 amide bonds. The minimum Gasteiger partial charge on any atom is -0.368 e. The maximum Gasteiger partial charge on any atom is 0.254 e. The standard InChI is InChI=1S/C20H28N2O3/c1-14-12-16(3)17(13-15(14)2)19(23)21-7-5-8-22(10-9-21)20(24)18-6-4-11-25-18/h12-13,18H,4-11H2,1-3H3. The van der Waals surface area contributed by atoms with E-state index in [0.29, 0.717) is 32.8 Å². The van der Waals surface area contributed by atoms with E-state index >= 15 is 0 Å². The normalized spacial score (nSPS) is 21.3. The fourth-order valence-electron chi connectivity index (χ4n) is 3.68. The Morgan fingerprint density at radius 1 is 0.920 bits per heavy atom. The summed E-state index contributed by atoms with van der Waals surface area (Å²) in [6.07, 6.45) is 2.32. The van der Waals surface area contributed by atoms with Crippen LogP contribution in [0.3, 0.4) is 0 Å². The van der Waals surface area contributed by atoms with Crippen LogP contribution in [0.25, 0.3) is 0 Å². The van der Waals surface area contributed by atoms with Gasteiger partial charge in [0.25, 0.3) is 11.8 Å². The number of hydrogen-bond acceptors (Lipinski definition) is 3. The Bertz CT molecular complexity index is 665. The van der Waals surface area contributed by atoms with Crippen molar-refractivity contribution < 1.29 is 14.3 Å². The molecule has 5 heteroatoms. The van der Waals surface area contributed by atoms with E-state index in [1.165, 1.54) is 5.56 Å². The van der Waals surface area contributed by atoms with Crippen LogP contribution in [0.5, 0.6) is 0 Å². The summed E-state index contributed by atoms with van der Waals surface area (Å²) in [5, 5.41) is 0. The number of ether oxygens (including phenoxy) is 1. The molecule has 1 aromatic rings. The van der Waals surface area contributed by atoms with E-state index in [1.54, 1.807) is 0 Å². The highest BCUT2D eigenvalue weighted by Gasteiger charge is 2.30. The van der Waals surface area contributed by atoms with Gasteiger partial charge in [0.15, 0.2) is 0 Å². The number of aryl methyl sites for hydroxylation is 3. The number of hydrogen-bond donors (Lipinski definition) is 0. The smallest absolute Gasteiger partial charge is 0.254 e. The maximum atomic E-state index is 13.0. The molecule has 1 aromatic carbocycles. The summed E-state index contributed by atoms with van der Waals surface area (Å²) < 4.78 is 5.52. The first-order valence-corrected chi connectivity index (χ1v) is 9.25. The Labute approximate surface area is 149 Å². The van der Waals surface area contributed by atoms with Gasteiger partial charge in [-0.15, -0.1) is 0 Å². The summed E-state index contributed by atoms with van der Waals surface area (Å²) in [5.41, 5.74) is 4.14. The molecule has 1 atom stereocenters. The second-order valence-corrected chi connectivity index (χ2v) is 7.22. The Balaban J connectivity index is 1.67. The second-order valence-electron chi connectivity index (χ2n) is 7.22. The molecule has 2 aliphatic rings. The minimum absolute atomic E-state index is 0.0759. The van der Waals surface area contributed by atoms with Crippen LogP contribution in [0.1, 0.15) is 46.3 Å². The molecule has 2 aliphatic heterocycles. The van der Waals surface area contributed by atoms with Crippen molar-refractivity contribution in [2.24, 2.45) is 0 Å². The fourth-order valence-corrected chi connectivity index (χ4v) is 3.68. The predicted octanol–water partition coefficient (Wildman–Crippen LogP) is 2.47. The Kier molecular flexibility index (Phi) is 5.42. The Morgan fingerprint density at radius 2 is 1.60 bits per heavy atom. The quantitative estimate of drug-likeness (QED) is 0.828. The van der Waals surface area contributed by atoms with Gasteiger partial charge >= 0.3 is 0 Å². The van der Waals surface area contributed by atoms with Crippen LogP contribution in [0.2, 0.25) is 0 Å². The van der Waals surface area contributed by atoms with Gasteiger partial charge in [-0.25, -0.2) is 0 Å². The average molecular weight is 344 g/mol. The zero-order valence-electron chi connectivity index (χ0n) is 15.5. The molecule has 0 aliphatic carbocycles. The Morgan fingerprint density at radius 3 is 2.32 bits per heavy atom. The third kappa shape index (κ3) is 3.87. The van der Waals surface area contributed by atoms with E-state index in [0.717, 1.165) is 36.0 Å². The first kappa shape index (κ1) is 17.9. The van der Waals surface area contributed by atoms with Gasteiger partial charge in [-0.3, -0.25) is 9.59 Å². The summed E-state index contributed by atoms with van der Waals surface area (Å²) in [5.74, 6) is 0.168. The Hall–Kier alpha value is -1.88. The third-order valence-electron chi connectivity index (χ3n) is 5.37. The minimum atomic E-state index is -0.274. The molecule has 2 heterocycles. The van der Waals surface area contributed by atoms with Gasteiger partial charge in [0.2, 0.25) is 0 Å². The van der Waals surface area contributed by atoms with Crippen LogP contribution < -0.4 is 0 Å². The summed E-state index contributed by atoms with van der Waals surface area (Å²) in [4.78, 5) is 29.3. The second kappa shape index (κ2) is 7.56. The van der Waals surface area contributed by atoms with E-state index in [9.17, 15) is 9.59 Å². The molecule has 2 fully saturated rings. The van der Waals surface area contributed by atoms with E-state index in [2.05, 4.69) is 13.0 Å². The van der Waals surface area contributed by atoms with Crippen molar-refractivity contribution in [1.82, 2.24) is 9.80 Å². The molecule has 0 spiro atoms. The molecule has 3 rings (SSSR count). The van der Waals surface area contributed by atoms with E-state index < -0.39 is 0 Å². The summed E-state index contributed by atoms with van der Waals surface area (Å²) in [6, 6.07) is 4.07. The molecule has 25 heavy (non-hydrogen) atoms. The lowest BCUT2D eigenvalue weighted by atomic mass is 10.00. The molecule has 5 nitrogen and oxygen atoms in total. The van der Waals surface area contributed by atoms with Gasteiger partial charge in [-0.2, -0.15) is 0 Å². The van der Waals surface area contributed by atoms with E-state index in [-0.39, 0.29) is 17.9 Å². The SMILES string of the molecule is Cc1cc(C)c(C(=O)N2CCCN(C(=O)C3CCCO3)CC2)cc1C. The van der Waals surface area contributed by atoms with Crippen LogP contribution in [-0.2, 0) is 9.53 Å². The molecule has 2 saturated heterocycles. The molecule has 0 radical (unpaired) electrons. The van der Waals surface area contributed by atoms with Crippen molar-refractivity contribution >= 4 is 11.8 Å². The van der Waals surface area contributed by atoms with Gasteiger partial charge < -0.3 is 14.5 Å². The van der Waals surface area contributed by atoms with Crippen LogP contribution in [0.4, 0.5) is 0 Å². The molecule has 0 saturated carbocycles. The van der Waals surface area contributed by atoms with Gasteiger partial charge in [0, 0.05) is 38.3 Å². The lowest BCUT2D eigenvalue weighted by Crippen LogP contribution is -2.41. The molecule has 1 unspecified atom stereocenters. The van der Waals surface area contributed by atoms with Crippen LogP contribution in [0.15, 0.2) is 12.1 Å². The zero-order valence-corrected chi connectivity index (χ0v) is 15.5. The highest BCUT2D eigenvalue weighted by Crippen LogP contribution is 2.19. The van der Waals surface area contributed by atoms with Crippen molar-refractivity contribution in [1.29, 1.82) is 0 Å². The lowest BCUT2D eigenvalue weighted by molar-refractivity contribution is -0.140. The number of carbonyl (C=O) groups is 2. The fraction of sp³-hybridized carbons (Fsp3) is 0.600. The molecular weight excluding hydrogens is 316 g/mol. The lowest BCUT2D eigenvalue weighted by Gasteiger charge is -2.24. The molecule has 0 aromatic heterocycles. The average Bonchev–Trinajstić information content (AvgIpc) is 3.01. The largest absolute Gasteiger partial charge is 0.368 e. The topological polar surface area (TPSA) is 49.9 Å². The molecular formula is C20H28N2O3. The maximum absolute atomic E-state index is 13.0. The van der Waals surface area contributed by atoms with Crippen LogP contribution >= 0.6 is 0 Å². The van der Waals surface area contributed by atoms with Crippen LogP contribution in [0, 0.1) is 20.8 Å². The monoisotopic (exact) mass is 344 g/mol. The van der Waals surface area contributed by atoms with Crippen molar-refractivity contribution in [3.8, 4) is 0 Å². The van der Waals surface area contributed by atoms with Gasteiger partial charge in [-0.1, -0.05) is 6.07 Å². The number of nitrogens with zero attached hydrogens (tertiary/aromatic N) is 2. The number of benzene rings is 1. The first-order chi connectivity index (χ1) is 12.0. The van der Waals surface area contributed by atoms with Gasteiger partial charge in [0.1, 0.15) is 6.10 Å². The van der Waals surface area contributed by atoms with E-state index in [1.807, 2.05) is 29.7 Å².